The molecule has 0 N–H and O–H groups in total. The van der Waals surface area contributed by atoms with Crippen LogP contribution < -0.4 is 14.7 Å². The molecule has 0 radical (unpaired) electrons. The minimum Gasteiger partial charge on any atom is -0.310 e. The van der Waals surface area contributed by atoms with Crippen molar-refractivity contribution < 1.29 is 0 Å². The van der Waals surface area contributed by atoms with E-state index in [2.05, 4.69) is 599 Å². The van der Waals surface area contributed by atoms with Crippen LogP contribution in [0.3, 0.4) is 0 Å². The Morgan fingerprint density at radius 2 is 0.385 bits per heavy atom. The molecular formula is C145H149N3. The van der Waals surface area contributed by atoms with Gasteiger partial charge in [-0.3, -0.25) is 0 Å². The highest BCUT2D eigenvalue weighted by molar-refractivity contribution is 5.94. The van der Waals surface area contributed by atoms with Gasteiger partial charge in [0, 0.05) is 67.3 Å². The van der Waals surface area contributed by atoms with Crippen molar-refractivity contribution in [3.8, 4) is 100 Å². The third-order valence-electron chi connectivity index (χ3n) is 31.6. The van der Waals surface area contributed by atoms with E-state index < -0.39 is 0 Å². The first-order valence-electron chi connectivity index (χ1n) is 53.9. The SMILES string of the molecule is CC(C)(C)c1cc(-c2ccc(N(c3ccc(-c4ccccc4)cc3)c3ccc4c(c3)C(C)(C)c3ccccc3-4)cc2)cc(C(C)(C)C)c1.CC(C)(C)c1cc(-c2ccc(N(c3ccc4c(c3)C(C)(C)c3ccccc3-4)c3ccccc3-c3ccccc3)cc2)cc(C(C)(C)C)c1.CCCC1(CCC)c2ccccc2-c2ccc(N(c3ccc(-c4ccccc4)cc3)c3ccc(-c4cc(C(C)(C)C)cc(C(C)(C)C)c4)cc3)cc21. The largest absolute Gasteiger partial charge is 0.310 e. The predicted molar refractivity (Wildman–Crippen MR) is 639 cm³/mol. The normalized spacial score (nSPS) is 13.5. The van der Waals surface area contributed by atoms with Crippen molar-refractivity contribution in [2.45, 2.75) is 241 Å². The van der Waals surface area contributed by atoms with Gasteiger partial charge in [-0.05, 0) is 310 Å². The fraction of sp³-hybridized carbons (Fsp3) is 0.255. The van der Waals surface area contributed by atoms with Gasteiger partial charge >= 0.3 is 0 Å². The summed E-state index contributed by atoms with van der Waals surface area (Å²) in [7, 11) is 0. The summed E-state index contributed by atoms with van der Waals surface area (Å²) in [4.78, 5) is 7.30. The number of hydrogen-bond acceptors (Lipinski definition) is 3. The summed E-state index contributed by atoms with van der Waals surface area (Å²) in [6, 6.07) is 156. The monoisotopic (exact) mass is 1930 g/mol. The van der Waals surface area contributed by atoms with Crippen LogP contribution >= 0.6 is 0 Å². The molecule has 0 saturated heterocycles. The van der Waals surface area contributed by atoms with Crippen LogP contribution in [-0.2, 0) is 48.7 Å². The van der Waals surface area contributed by atoms with Crippen molar-refractivity contribution in [2.24, 2.45) is 0 Å². The molecule has 18 aromatic rings. The molecule has 0 spiro atoms. The Labute approximate surface area is 885 Å². The summed E-state index contributed by atoms with van der Waals surface area (Å²) in [6.45, 7) is 55.6. The molecule has 148 heavy (non-hydrogen) atoms. The molecule has 0 heterocycles. The zero-order valence-electron chi connectivity index (χ0n) is 92.0. The standard InChI is InChI=1S/C51H55N.2C47H47N/c1-9-30-51(31-10-2)47-19-15-14-18-45(47)46-29-28-44(35-48(46)51)52(42-24-20-37(21-25-42)36-16-12-11-13-17-36)43-26-22-38(23-27-43)39-32-40(49(3,4)5)34-41(33-39)50(6,7)8;1-45(2,3)35-28-34(29-36(30-35)46(4,5)6)32-22-24-37(25-23-32)48(44-21-15-13-18-39(44)33-16-10-9-11-17-33)38-26-27-41-40-19-12-14-20-42(40)47(7,8)43(41)31-38;1-45(2,3)36-28-35(29-37(30-36)46(4,5)6)34-20-24-39(25-21-34)48(38-22-18-33(19-23-38)32-14-10-9-11-15-32)40-26-27-42-41-16-12-13-17-43(41)47(7,8)44(42)31-40/h11-29,32-35H,9-10,30-31H2,1-8H3;2*9-31H,1-8H3. The molecule has 3 aliphatic carbocycles. The number of fused-ring (bicyclic) bond motifs is 9. The van der Waals surface area contributed by atoms with Crippen molar-refractivity contribution in [1.29, 1.82) is 0 Å². The first-order chi connectivity index (χ1) is 70.5. The molecule has 0 saturated carbocycles. The van der Waals surface area contributed by atoms with Crippen molar-refractivity contribution in [1.82, 2.24) is 0 Å². The third kappa shape index (κ3) is 20.5. The van der Waals surface area contributed by atoms with Crippen LogP contribution in [0.1, 0.15) is 259 Å². The zero-order valence-corrected chi connectivity index (χ0v) is 92.0. The molecule has 0 atom stereocenters. The van der Waals surface area contributed by atoms with E-state index >= 15 is 0 Å². The highest BCUT2D eigenvalue weighted by Gasteiger charge is 2.44. The summed E-state index contributed by atoms with van der Waals surface area (Å²) < 4.78 is 0. The lowest BCUT2D eigenvalue weighted by molar-refractivity contribution is 0.436. The van der Waals surface area contributed by atoms with Crippen LogP contribution in [0.2, 0.25) is 0 Å². The summed E-state index contributed by atoms with van der Waals surface area (Å²) in [6.07, 6.45) is 4.60. The Morgan fingerprint density at radius 3 is 0.689 bits per heavy atom. The van der Waals surface area contributed by atoms with Crippen LogP contribution in [0.4, 0.5) is 51.2 Å². The molecule has 0 unspecified atom stereocenters. The minimum absolute atomic E-state index is 0.0287. The van der Waals surface area contributed by atoms with Gasteiger partial charge in [-0.2, -0.15) is 0 Å². The van der Waals surface area contributed by atoms with Gasteiger partial charge < -0.3 is 14.7 Å². The Morgan fingerprint density at radius 1 is 0.169 bits per heavy atom. The second-order valence-corrected chi connectivity index (χ2v) is 48.9. The molecule has 0 fully saturated rings. The van der Waals surface area contributed by atoms with E-state index in [4.69, 9.17) is 0 Å². The van der Waals surface area contributed by atoms with Crippen molar-refractivity contribution >= 4 is 51.2 Å². The number of nitrogens with zero attached hydrogens (tertiary/aromatic N) is 3. The molecule has 0 aliphatic heterocycles. The van der Waals surface area contributed by atoms with Gasteiger partial charge in [0.25, 0.3) is 0 Å². The van der Waals surface area contributed by atoms with Crippen LogP contribution in [-0.4, -0.2) is 0 Å². The zero-order chi connectivity index (χ0) is 104. The maximum Gasteiger partial charge on any atom is 0.0540 e. The Kier molecular flexibility index (Phi) is 27.7. The van der Waals surface area contributed by atoms with E-state index in [-0.39, 0.29) is 48.7 Å². The van der Waals surface area contributed by atoms with E-state index in [9.17, 15) is 0 Å². The van der Waals surface area contributed by atoms with E-state index in [0.29, 0.717) is 0 Å². The number of rotatable bonds is 19. The first kappa shape index (κ1) is 102. The number of para-hydroxylation sites is 1. The first-order valence-corrected chi connectivity index (χ1v) is 53.9. The van der Waals surface area contributed by atoms with Crippen molar-refractivity contribution in [3.05, 3.63) is 485 Å². The van der Waals surface area contributed by atoms with Gasteiger partial charge in [0.15, 0.2) is 0 Å². The number of hydrogen-bond donors (Lipinski definition) is 0. The maximum atomic E-state index is 2.52. The number of benzene rings is 18. The second-order valence-electron chi connectivity index (χ2n) is 48.9. The average Bonchev–Trinajstić information content (AvgIpc) is 1.60. The Hall–Kier alpha value is -14.6. The third-order valence-corrected chi connectivity index (χ3v) is 31.6. The molecule has 18 aromatic carbocycles. The van der Waals surface area contributed by atoms with Gasteiger partial charge in [-0.25, -0.2) is 0 Å². The van der Waals surface area contributed by atoms with Crippen LogP contribution in [0.5, 0.6) is 0 Å². The molecule has 0 amide bonds. The summed E-state index contributed by atoms with van der Waals surface area (Å²) in [5.74, 6) is 0. The quantitative estimate of drug-likeness (QED) is 0.0799. The maximum absolute atomic E-state index is 2.52. The lowest BCUT2D eigenvalue weighted by atomic mass is 9.71. The van der Waals surface area contributed by atoms with Crippen molar-refractivity contribution in [3.63, 3.8) is 0 Å². The molecule has 744 valence electrons. The molecule has 0 bridgehead atoms. The van der Waals surface area contributed by atoms with E-state index in [0.717, 1.165) is 65.5 Å². The van der Waals surface area contributed by atoms with Gasteiger partial charge in [0.05, 0.1) is 5.69 Å². The average molecular weight is 1930 g/mol. The van der Waals surface area contributed by atoms with E-state index in [1.54, 1.807) is 0 Å². The van der Waals surface area contributed by atoms with Crippen LogP contribution in [0.15, 0.2) is 419 Å². The van der Waals surface area contributed by atoms with Gasteiger partial charge in [-0.15, -0.1) is 0 Å². The minimum atomic E-state index is -0.0841. The second kappa shape index (κ2) is 40.2. The molecule has 3 heteroatoms. The number of anilines is 9. The van der Waals surface area contributed by atoms with Gasteiger partial charge in [0.2, 0.25) is 0 Å². The van der Waals surface area contributed by atoms with Crippen LogP contribution in [0.25, 0.3) is 100 Å². The topological polar surface area (TPSA) is 9.72 Å². The summed E-state index contributed by atoms with van der Waals surface area (Å²) in [5.41, 5.74) is 50.4. The molecule has 21 rings (SSSR count). The molecule has 3 aliphatic rings. The highest BCUT2D eigenvalue weighted by Crippen LogP contribution is 2.58. The van der Waals surface area contributed by atoms with Crippen LogP contribution in [0, 0.1) is 0 Å². The Bertz CT molecular complexity index is 7720. The summed E-state index contributed by atoms with van der Waals surface area (Å²) in [5, 5.41) is 0. The van der Waals surface area contributed by atoms with E-state index in [1.807, 2.05) is 0 Å². The lowest BCUT2D eigenvalue weighted by Gasteiger charge is -2.33. The highest BCUT2D eigenvalue weighted by atomic mass is 15.2. The Balaban J connectivity index is 0.000000140. The fourth-order valence-electron chi connectivity index (χ4n) is 22.9. The lowest BCUT2D eigenvalue weighted by Crippen LogP contribution is -2.25. The van der Waals surface area contributed by atoms with E-state index in [1.165, 1.54) is 178 Å². The van der Waals surface area contributed by atoms with Gasteiger partial charge in [0.1, 0.15) is 0 Å². The fourth-order valence-corrected chi connectivity index (χ4v) is 22.9. The predicted octanol–water partition coefficient (Wildman–Crippen LogP) is 41.7. The van der Waals surface area contributed by atoms with Gasteiger partial charge in [-0.1, -0.05) is 494 Å². The molecule has 3 nitrogen and oxygen atoms in total. The molecular weight excluding hydrogens is 1780 g/mol. The summed E-state index contributed by atoms with van der Waals surface area (Å²) >= 11 is 0. The molecule has 0 aromatic heterocycles. The smallest absolute Gasteiger partial charge is 0.0540 e. The van der Waals surface area contributed by atoms with Crippen molar-refractivity contribution in [2.75, 3.05) is 14.7 Å².